The van der Waals surface area contributed by atoms with Crippen LogP contribution in [0, 0.1) is 0 Å². The minimum atomic E-state index is 0.660. The van der Waals surface area contributed by atoms with Crippen LogP contribution in [-0.4, -0.2) is 49.5 Å². The van der Waals surface area contributed by atoms with Crippen LogP contribution in [0.2, 0.25) is 0 Å². The second kappa shape index (κ2) is 8.55. The number of hydrogen-bond acceptors (Lipinski definition) is 5. The van der Waals surface area contributed by atoms with Gasteiger partial charge in [-0.05, 0) is 37.6 Å². The number of hydrogen-bond donors (Lipinski definition) is 2. The van der Waals surface area contributed by atoms with Gasteiger partial charge in [-0.25, -0.2) is 0 Å². The highest BCUT2D eigenvalue weighted by Gasteiger charge is 2.09. The number of methoxy groups -OCH3 is 2. The molecule has 1 aromatic carbocycles. The number of benzene rings is 1. The summed E-state index contributed by atoms with van der Waals surface area (Å²) in [6, 6.07) is 5.96. The summed E-state index contributed by atoms with van der Waals surface area (Å²) in [6.07, 6.45) is 3.68. The van der Waals surface area contributed by atoms with Crippen molar-refractivity contribution in [2.24, 2.45) is 5.73 Å². The van der Waals surface area contributed by atoms with Gasteiger partial charge in [0, 0.05) is 37.0 Å². The summed E-state index contributed by atoms with van der Waals surface area (Å²) in [4.78, 5) is 2.20. The summed E-state index contributed by atoms with van der Waals surface area (Å²) in [5, 5.41) is 7.29. The monoisotopic (exact) mass is 318 g/mol. The van der Waals surface area contributed by atoms with Crippen molar-refractivity contribution < 1.29 is 9.47 Å². The largest absolute Gasteiger partial charge is 0.497 e. The van der Waals surface area contributed by atoms with E-state index < -0.39 is 0 Å². The molecular formula is C17H26N4O2. The average Bonchev–Trinajstić information content (AvgIpc) is 2.99. The van der Waals surface area contributed by atoms with Crippen LogP contribution in [0.5, 0.6) is 11.5 Å². The molecule has 0 saturated heterocycles. The maximum absolute atomic E-state index is 5.60. The molecule has 0 unspecified atom stereocenters. The van der Waals surface area contributed by atoms with E-state index in [2.05, 4.69) is 22.1 Å². The Morgan fingerprint density at radius 3 is 2.43 bits per heavy atom. The first kappa shape index (κ1) is 17.3. The SMILES string of the molecule is COc1cc(CCc2[nH]ncc2CN(C)CCN)cc(OC)c1. The van der Waals surface area contributed by atoms with E-state index in [-0.39, 0.29) is 0 Å². The van der Waals surface area contributed by atoms with E-state index >= 15 is 0 Å². The van der Waals surface area contributed by atoms with E-state index in [4.69, 9.17) is 15.2 Å². The lowest BCUT2D eigenvalue weighted by Gasteiger charge is -2.15. The maximum Gasteiger partial charge on any atom is 0.122 e. The van der Waals surface area contributed by atoms with Gasteiger partial charge < -0.3 is 20.1 Å². The normalized spacial score (nSPS) is 11.0. The van der Waals surface area contributed by atoms with Crippen molar-refractivity contribution in [1.82, 2.24) is 15.1 Å². The molecule has 6 nitrogen and oxygen atoms in total. The topological polar surface area (TPSA) is 76.4 Å². The number of H-pyrrole nitrogens is 1. The van der Waals surface area contributed by atoms with Crippen molar-refractivity contribution in [3.8, 4) is 11.5 Å². The predicted octanol–water partition coefficient (Wildman–Crippen LogP) is 1.60. The first-order valence-electron chi connectivity index (χ1n) is 7.78. The molecule has 3 N–H and O–H groups in total. The molecule has 0 spiro atoms. The molecule has 2 aromatic rings. The van der Waals surface area contributed by atoms with Gasteiger partial charge >= 0.3 is 0 Å². The summed E-state index contributed by atoms with van der Waals surface area (Å²) in [7, 11) is 5.40. The molecule has 0 atom stereocenters. The first-order chi connectivity index (χ1) is 11.2. The smallest absolute Gasteiger partial charge is 0.122 e. The number of aromatic nitrogens is 2. The summed E-state index contributed by atoms with van der Waals surface area (Å²) in [5.41, 5.74) is 9.16. The molecular weight excluding hydrogens is 292 g/mol. The van der Waals surface area contributed by atoms with Crippen LogP contribution in [0.3, 0.4) is 0 Å². The van der Waals surface area contributed by atoms with Gasteiger partial charge in [-0.3, -0.25) is 5.10 Å². The number of rotatable bonds is 9. The Bertz CT molecular complexity index is 590. The van der Waals surface area contributed by atoms with Gasteiger partial charge in [0.2, 0.25) is 0 Å². The molecule has 126 valence electrons. The van der Waals surface area contributed by atoms with Gasteiger partial charge in [-0.1, -0.05) is 0 Å². The van der Waals surface area contributed by atoms with Crippen LogP contribution in [-0.2, 0) is 19.4 Å². The van der Waals surface area contributed by atoms with E-state index in [0.29, 0.717) is 6.54 Å². The predicted molar refractivity (Wildman–Crippen MR) is 90.9 cm³/mol. The van der Waals surface area contributed by atoms with Crippen LogP contribution in [0.15, 0.2) is 24.4 Å². The maximum atomic E-state index is 5.60. The Morgan fingerprint density at radius 1 is 1.13 bits per heavy atom. The quantitative estimate of drug-likeness (QED) is 0.734. The van der Waals surface area contributed by atoms with Gasteiger partial charge in [-0.15, -0.1) is 0 Å². The molecule has 0 amide bonds. The fourth-order valence-corrected chi connectivity index (χ4v) is 2.56. The van der Waals surface area contributed by atoms with Gasteiger partial charge in [0.25, 0.3) is 0 Å². The average molecular weight is 318 g/mol. The summed E-state index contributed by atoms with van der Waals surface area (Å²) in [6.45, 7) is 2.38. The molecule has 0 aliphatic carbocycles. The van der Waals surface area contributed by atoms with Crippen molar-refractivity contribution in [3.63, 3.8) is 0 Å². The molecule has 0 bridgehead atoms. The fourth-order valence-electron chi connectivity index (χ4n) is 2.56. The van der Waals surface area contributed by atoms with Crippen molar-refractivity contribution in [2.45, 2.75) is 19.4 Å². The zero-order valence-electron chi connectivity index (χ0n) is 14.1. The third-order valence-corrected chi connectivity index (χ3v) is 3.83. The molecule has 0 aliphatic heterocycles. The number of nitrogens with zero attached hydrogens (tertiary/aromatic N) is 2. The Labute approximate surface area is 137 Å². The van der Waals surface area contributed by atoms with Crippen molar-refractivity contribution in [3.05, 3.63) is 41.2 Å². The Hall–Kier alpha value is -2.05. The van der Waals surface area contributed by atoms with E-state index in [1.807, 2.05) is 24.4 Å². The summed E-state index contributed by atoms with van der Waals surface area (Å²) < 4.78 is 10.6. The summed E-state index contributed by atoms with van der Waals surface area (Å²) in [5.74, 6) is 1.62. The van der Waals surface area contributed by atoms with Gasteiger partial charge in [-0.2, -0.15) is 5.10 Å². The minimum Gasteiger partial charge on any atom is -0.497 e. The van der Waals surface area contributed by atoms with E-state index in [1.165, 1.54) is 11.1 Å². The fraction of sp³-hybridized carbons (Fsp3) is 0.471. The molecule has 1 heterocycles. The lowest BCUT2D eigenvalue weighted by atomic mass is 10.1. The number of ether oxygens (including phenoxy) is 2. The highest BCUT2D eigenvalue weighted by molar-refractivity contribution is 5.38. The standard InChI is InChI=1S/C17H26N4O2/c1-21(7-6-18)12-14-11-19-20-17(14)5-4-13-8-15(22-2)10-16(9-13)23-3/h8-11H,4-7,12,18H2,1-3H3,(H,19,20). The van der Waals surface area contributed by atoms with Crippen molar-refractivity contribution in [2.75, 3.05) is 34.4 Å². The number of aromatic amines is 1. The molecule has 0 fully saturated rings. The second-order valence-corrected chi connectivity index (χ2v) is 5.62. The van der Waals surface area contributed by atoms with Gasteiger partial charge in [0.1, 0.15) is 11.5 Å². The number of aryl methyl sites for hydroxylation is 2. The van der Waals surface area contributed by atoms with Crippen LogP contribution in [0.1, 0.15) is 16.8 Å². The van der Waals surface area contributed by atoms with Crippen molar-refractivity contribution >= 4 is 0 Å². The van der Waals surface area contributed by atoms with Crippen LogP contribution >= 0.6 is 0 Å². The molecule has 6 heteroatoms. The number of nitrogens with one attached hydrogen (secondary N) is 1. The minimum absolute atomic E-state index is 0.660. The van der Waals surface area contributed by atoms with E-state index in [0.717, 1.165) is 43.1 Å². The Balaban J connectivity index is 2.02. The molecule has 0 radical (unpaired) electrons. The number of nitrogens with two attached hydrogens (primary N) is 1. The highest BCUT2D eigenvalue weighted by Crippen LogP contribution is 2.23. The zero-order chi connectivity index (χ0) is 16.7. The molecule has 0 aliphatic rings. The Kier molecular flexibility index (Phi) is 6.43. The van der Waals surface area contributed by atoms with Crippen molar-refractivity contribution in [1.29, 1.82) is 0 Å². The lowest BCUT2D eigenvalue weighted by molar-refractivity contribution is 0.335. The Morgan fingerprint density at radius 2 is 1.83 bits per heavy atom. The number of likely N-dealkylation sites (N-methyl/N-ethyl adjacent to an activating group) is 1. The lowest BCUT2D eigenvalue weighted by Crippen LogP contribution is -2.25. The summed E-state index contributed by atoms with van der Waals surface area (Å²) >= 11 is 0. The van der Waals surface area contributed by atoms with Crippen LogP contribution < -0.4 is 15.2 Å². The third-order valence-electron chi connectivity index (χ3n) is 3.83. The highest BCUT2D eigenvalue weighted by atomic mass is 16.5. The zero-order valence-corrected chi connectivity index (χ0v) is 14.1. The molecule has 0 saturated carbocycles. The van der Waals surface area contributed by atoms with Crippen LogP contribution in [0.25, 0.3) is 0 Å². The first-order valence-corrected chi connectivity index (χ1v) is 7.78. The van der Waals surface area contributed by atoms with Gasteiger partial charge in [0.15, 0.2) is 0 Å². The van der Waals surface area contributed by atoms with E-state index in [9.17, 15) is 0 Å². The van der Waals surface area contributed by atoms with E-state index in [1.54, 1.807) is 14.2 Å². The van der Waals surface area contributed by atoms with Gasteiger partial charge in [0.05, 0.1) is 20.4 Å². The molecule has 1 aromatic heterocycles. The third kappa shape index (κ3) is 4.97. The molecule has 2 rings (SSSR count). The van der Waals surface area contributed by atoms with Crippen LogP contribution in [0.4, 0.5) is 0 Å². The second-order valence-electron chi connectivity index (χ2n) is 5.62. The molecule has 23 heavy (non-hydrogen) atoms.